The van der Waals surface area contributed by atoms with E-state index in [9.17, 15) is 21.6 Å². The third kappa shape index (κ3) is 4.51. The van der Waals surface area contributed by atoms with Crippen LogP contribution in [0.2, 0.25) is 5.02 Å². The van der Waals surface area contributed by atoms with Crippen LogP contribution in [0.3, 0.4) is 0 Å². The molecule has 4 rings (SSSR count). The number of aromatic nitrogens is 1. The summed E-state index contributed by atoms with van der Waals surface area (Å²) in [5.74, 6) is 0. The molecule has 0 bridgehead atoms. The highest BCUT2D eigenvalue weighted by Crippen LogP contribution is 2.37. The molecule has 0 radical (unpaired) electrons. The highest BCUT2D eigenvalue weighted by atomic mass is 35.5. The maximum absolute atomic E-state index is 13.1. The van der Waals surface area contributed by atoms with E-state index < -0.39 is 31.7 Å². The van der Waals surface area contributed by atoms with E-state index in [0.29, 0.717) is 19.2 Å². The first-order valence-corrected chi connectivity index (χ1v) is 12.7. The zero-order valence-corrected chi connectivity index (χ0v) is 19.5. The second-order valence-electron chi connectivity index (χ2n) is 7.70. The molecule has 1 saturated heterocycles. The monoisotopic (exact) mass is 500 g/mol. The molecule has 3 aromatic rings. The third-order valence-corrected chi connectivity index (χ3v) is 9.27. The number of halogens is 4. The van der Waals surface area contributed by atoms with E-state index in [4.69, 9.17) is 16.6 Å². The van der Waals surface area contributed by atoms with Crippen molar-refractivity contribution in [3.63, 3.8) is 0 Å². The van der Waals surface area contributed by atoms with Crippen LogP contribution in [0.5, 0.6) is 0 Å². The Morgan fingerprint density at radius 1 is 1.12 bits per heavy atom. The topological polar surface area (TPSA) is 50.3 Å². The lowest BCUT2D eigenvalue weighted by Gasteiger charge is -2.31. The smallest absolute Gasteiger partial charge is 0.348 e. The van der Waals surface area contributed by atoms with Crippen molar-refractivity contribution in [3.05, 3.63) is 64.0 Å². The number of hydrogen-bond acceptors (Lipinski definition) is 5. The Bertz CT molecular complexity index is 1230. The van der Waals surface area contributed by atoms with Crippen molar-refractivity contribution >= 4 is 37.9 Å². The first-order valence-electron chi connectivity index (χ1n) is 9.94. The summed E-state index contributed by atoms with van der Waals surface area (Å²) in [4.78, 5) is 6.28. The van der Waals surface area contributed by atoms with Gasteiger partial charge in [-0.3, -0.25) is 0 Å². The van der Waals surface area contributed by atoms with Gasteiger partial charge in [-0.1, -0.05) is 35.9 Å². The second kappa shape index (κ2) is 8.68. The maximum Gasteiger partial charge on any atom is 0.416 e. The number of hydrogen-bond donors (Lipinski definition) is 0. The van der Waals surface area contributed by atoms with Crippen LogP contribution in [-0.2, 0) is 16.0 Å². The molecule has 1 aliphatic heterocycles. The van der Waals surface area contributed by atoms with Gasteiger partial charge in [-0.25, -0.2) is 13.4 Å². The minimum atomic E-state index is -4.64. The summed E-state index contributed by atoms with van der Waals surface area (Å²) in [6, 6.07) is 10.4. The Balaban J connectivity index is 1.50. The third-order valence-electron chi connectivity index (χ3n) is 5.63. The van der Waals surface area contributed by atoms with Crippen molar-refractivity contribution in [3.8, 4) is 11.3 Å². The van der Waals surface area contributed by atoms with Crippen LogP contribution in [0.15, 0.2) is 52.7 Å². The largest absolute Gasteiger partial charge is 0.416 e. The van der Waals surface area contributed by atoms with Crippen molar-refractivity contribution in [2.24, 2.45) is 0 Å². The van der Waals surface area contributed by atoms with Gasteiger partial charge in [-0.05, 0) is 43.5 Å². The fourth-order valence-electron chi connectivity index (χ4n) is 3.83. The summed E-state index contributed by atoms with van der Waals surface area (Å²) in [7, 11) is -4.00. The molecule has 4 nitrogen and oxygen atoms in total. The van der Waals surface area contributed by atoms with Gasteiger partial charge in [0.25, 0.3) is 0 Å². The van der Waals surface area contributed by atoms with Crippen LogP contribution in [0.4, 0.5) is 18.3 Å². The molecule has 0 N–H and O–H groups in total. The lowest BCUT2D eigenvalue weighted by Crippen LogP contribution is -2.39. The fraction of sp³-hybridized carbons (Fsp3) is 0.318. The van der Waals surface area contributed by atoms with Gasteiger partial charge in [-0.2, -0.15) is 13.2 Å². The van der Waals surface area contributed by atoms with Gasteiger partial charge < -0.3 is 4.90 Å². The van der Waals surface area contributed by atoms with E-state index in [0.717, 1.165) is 34.1 Å². The summed E-state index contributed by atoms with van der Waals surface area (Å²) in [5, 5.41) is 1.79. The van der Waals surface area contributed by atoms with Gasteiger partial charge in [0.1, 0.15) is 0 Å². The Kier molecular flexibility index (Phi) is 6.26. The molecule has 0 saturated carbocycles. The van der Waals surface area contributed by atoms with Crippen LogP contribution in [0.1, 0.15) is 24.0 Å². The van der Waals surface area contributed by atoms with E-state index in [1.807, 2.05) is 41.5 Å². The van der Waals surface area contributed by atoms with Gasteiger partial charge in [0, 0.05) is 24.0 Å². The molecule has 1 aromatic heterocycles. The minimum Gasteiger partial charge on any atom is -0.348 e. The van der Waals surface area contributed by atoms with E-state index in [1.54, 1.807) is 0 Å². The van der Waals surface area contributed by atoms with Crippen molar-refractivity contribution in [1.29, 1.82) is 0 Å². The molecule has 0 aliphatic carbocycles. The fourth-order valence-corrected chi connectivity index (χ4v) is 6.97. The number of rotatable bonds is 4. The maximum atomic E-state index is 13.1. The van der Waals surface area contributed by atoms with Crippen molar-refractivity contribution in [1.82, 2.24) is 4.98 Å². The summed E-state index contributed by atoms with van der Waals surface area (Å²) >= 11 is 7.47. The SMILES string of the molecule is Cc1ccccc1-c1csc(N2CCC(S(=O)(=O)c3cc(C(F)(F)F)ccc3Cl)CC2)n1. The van der Waals surface area contributed by atoms with Crippen LogP contribution in [0, 0.1) is 6.92 Å². The van der Waals surface area contributed by atoms with Crippen LogP contribution < -0.4 is 4.90 Å². The van der Waals surface area contributed by atoms with Gasteiger partial charge in [0.2, 0.25) is 0 Å². The highest BCUT2D eigenvalue weighted by Gasteiger charge is 2.36. The zero-order valence-electron chi connectivity index (χ0n) is 17.1. The molecular formula is C22H20ClF3N2O2S2. The van der Waals surface area contributed by atoms with Crippen molar-refractivity contribution in [2.45, 2.75) is 36.1 Å². The molecule has 0 unspecified atom stereocenters. The highest BCUT2D eigenvalue weighted by molar-refractivity contribution is 7.92. The quantitative estimate of drug-likeness (QED) is 0.426. The van der Waals surface area contributed by atoms with Crippen molar-refractivity contribution < 1.29 is 21.6 Å². The number of thiazole rings is 1. The molecular weight excluding hydrogens is 481 g/mol. The van der Waals surface area contributed by atoms with Crippen LogP contribution >= 0.6 is 22.9 Å². The second-order valence-corrected chi connectivity index (χ2v) is 11.1. The molecule has 10 heteroatoms. The summed E-state index contributed by atoms with van der Waals surface area (Å²) < 4.78 is 65.4. The van der Waals surface area contributed by atoms with Gasteiger partial charge in [-0.15, -0.1) is 11.3 Å². The number of benzene rings is 2. The Morgan fingerprint density at radius 2 is 1.81 bits per heavy atom. The Labute approximate surface area is 193 Å². The summed E-state index contributed by atoms with van der Waals surface area (Å²) in [6.45, 7) is 2.91. The Morgan fingerprint density at radius 3 is 2.47 bits per heavy atom. The molecule has 0 amide bonds. The average Bonchev–Trinajstić information content (AvgIpc) is 3.23. The van der Waals surface area contributed by atoms with Crippen LogP contribution in [-0.4, -0.2) is 31.7 Å². The first-order chi connectivity index (χ1) is 15.1. The van der Waals surface area contributed by atoms with E-state index in [1.165, 1.54) is 11.3 Å². The lowest BCUT2D eigenvalue weighted by atomic mass is 10.1. The standard InChI is InChI=1S/C22H20ClF3N2O2S2/c1-14-4-2-3-5-17(14)19-13-31-21(27-19)28-10-8-16(9-11-28)32(29,30)20-12-15(22(24,25)26)6-7-18(20)23/h2-7,12-13,16H,8-11H2,1H3. The average molecular weight is 501 g/mol. The molecule has 0 atom stereocenters. The number of alkyl halides is 3. The van der Waals surface area contributed by atoms with E-state index >= 15 is 0 Å². The van der Waals surface area contributed by atoms with Gasteiger partial charge >= 0.3 is 6.18 Å². The molecule has 1 fully saturated rings. The van der Waals surface area contributed by atoms with Crippen molar-refractivity contribution in [2.75, 3.05) is 18.0 Å². The number of nitrogens with zero attached hydrogens (tertiary/aromatic N) is 2. The number of piperidine rings is 1. The van der Waals surface area contributed by atoms with Gasteiger partial charge in [0.05, 0.1) is 26.4 Å². The first kappa shape index (κ1) is 23.1. The molecule has 2 heterocycles. The van der Waals surface area contributed by atoms with Crippen LogP contribution in [0.25, 0.3) is 11.3 Å². The summed E-state index contributed by atoms with van der Waals surface area (Å²) in [6.07, 6.45) is -4.07. The molecule has 32 heavy (non-hydrogen) atoms. The molecule has 1 aliphatic rings. The number of sulfone groups is 1. The summed E-state index contributed by atoms with van der Waals surface area (Å²) in [5.41, 5.74) is 2.01. The Hall–Kier alpha value is -2.10. The lowest BCUT2D eigenvalue weighted by molar-refractivity contribution is -0.137. The van der Waals surface area contributed by atoms with E-state index in [-0.39, 0.29) is 17.9 Å². The van der Waals surface area contributed by atoms with E-state index in [2.05, 4.69) is 0 Å². The number of anilines is 1. The zero-order chi connectivity index (χ0) is 23.1. The normalized spacial score (nSPS) is 15.8. The molecule has 0 spiro atoms. The predicted molar refractivity (Wildman–Crippen MR) is 121 cm³/mol. The number of aryl methyl sites for hydroxylation is 1. The minimum absolute atomic E-state index is 0.191. The predicted octanol–water partition coefficient (Wildman–Crippen LogP) is 6.23. The molecule has 170 valence electrons. The van der Waals surface area contributed by atoms with Gasteiger partial charge in [0.15, 0.2) is 15.0 Å². The molecule has 2 aromatic carbocycles.